The Bertz CT molecular complexity index is 656. The van der Waals surface area contributed by atoms with Crippen molar-refractivity contribution < 1.29 is 27.5 Å². The number of amides is 1. The fourth-order valence-corrected chi connectivity index (χ4v) is 2.37. The van der Waals surface area contributed by atoms with Crippen molar-refractivity contribution >= 4 is 21.9 Å². The van der Waals surface area contributed by atoms with E-state index < -0.39 is 27.4 Å². The molecule has 1 aromatic heterocycles. The average Bonchev–Trinajstić information content (AvgIpc) is 2.92. The Labute approximate surface area is 108 Å². The number of nitrogens with one attached hydrogen (secondary N) is 1. The molecule has 19 heavy (non-hydrogen) atoms. The highest BCUT2D eigenvalue weighted by molar-refractivity contribution is 7.89. The zero-order valence-electron chi connectivity index (χ0n) is 9.97. The second kappa shape index (κ2) is 4.07. The summed E-state index contributed by atoms with van der Waals surface area (Å²) in [6, 6.07) is 0.984. The minimum absolute atomic E-state index is 0.0205. The fraction of sp³-hybridized carbons (Fsp3) is 0.400. The van der Waals surface area contributed by atoms with Crippen LogP contribution in [0, 0.1) is 6.92 Å². The number of carboxylic acid groups (broad SMARTS) is 1. The number of aryl methyl sites for hydroxylation is 1. The van der Waals surface area contributed by atoms with Gasteiger partial charge in [0.25, 0.3) is 5.91 Å². The van der Waals surface area contributed by atoms with E-state index >= 15 is 0 Å². The van der Waals surface area contributed by atoms with E-state index in [1.54, 1.807) is 0 Å². The van der Waals surface area contributed by atoms with Crippen molar-refractivity contribution in [3.63, 3.8) is 0 Å². The van der Waals surface area contributed by atoms with E-state index in [-0.39, 0.29) is 16.4 Å². The Morgan fingerprint density at radius 2 is 2.05 bits per heavy atom. The van der Waals surface area contributed by atoms with E-state index in [1.807, 2.05) is 0 Å². The van der Waals surface area contributed by atoms with Gasteiger partial charge in [0.05, 0.1) is 0 Å². The van der Waals surface area contributed by atoms with Gasteiger partial charge in [-0.3, -0.25) is 4.79 Å². The van der Waals surface area contributed by atoms with E-state index in [1.165, 1.54) is 6.92 Å². The van der Waals surface area contributed by atoms with E-state index in [9.17, 15) is 18.0 Å². The number of sulfonamides is 1. The van der Waals surface area contributed by atoms with Gasteiger partial charge in [0.2, 0.25) is 10.0 Å². The van der Waals surface area contributed by atoms with Gasteiger partial charge in [-0.25, -0.2) is 18.4 Å². The molecule has 1 aromatic rings. The van der Waals surface area contributed by atoms with Crippen LogP contribution in [0.4, 0.5) is 0 Å². The molecular weight excluding hydrogens is 276 g/mol. The normalized spacial score (nSPS) is 16.9. The Hall–Kier alpha value is -1.87. The number of furan rings is 1. The van der Waals surface area contributed by atoms with Crippen molar-refractivity contribution in [3.8, 4) is 0 Å². The van der Waals surface area contributed by atoms with Crippen LogP contribution in [0.5, 0.6) is 0 Å². The molecule has 0 saturated heterocycles. The van der Waals surface area contributed by atoms with Crippen LogP contribution in [0.15, 0.2) is 15.4 Å². The molecule has 1 aliphatic rings. The van der Waals surface area contributed by atoms with Crippen molar-refractivity contribution in [2.75, 3.05) is 0 Å². The number of carbonyl (C=O) groups is 2. The first-order valence-electron chi connectivity index (χ1n) is 5.35. The van der Waals surface area contributed by atoms with Crippen LogP contribution in [-0.4, -0.2) is 30.9 Å². The first-order chi connectivity index (χ1) is 8.66. The lowest BCUT2D eigenvalue weighted by Crippen LogP contribution is -2.42. The maximum absolute atomic E-state index is 11.8. The number of carboxylic acids is 1. The molecule has 9 heteroatoms. The molecule has 104 valence electrons. The van der Waals surface area contributed by atoms with E-state index in [2.05, 4.69) is 5.32 Å². The molecular formula is C10H12N2O6S. The summed E-state index contributed by atoms with van der Waals surface area (Å²) < 4.78 is 27.4. The van der Waals surface area contributed by atoms with Gasteiger partial charge in [0, 0.05) is 6.07 Å². The number of nitrogens with two attached hydrogens (primary N) is 1. The highest BCUT2D eigenvalue weighted by Crippen LogP contribution is 2.36. The summed E-state index contributed by atoms with van der Waals surface area (Å²) in [4.78, 5) is 22.4. The third-order valence-corrected chi connectivity index (χ3v) is 3.93. The first kappa shape index (κ1) is 13.6. The van der Waals surface area contributed by atoms with Gasteiger partial charge in [-0.15, -0.1) is 0 Å². The number of hydrogen-bond acceptors (Lipinski definition) is 5. The summed E-state index contributed by atoms with van der Waals surface area (Å²) in [6.07, 6.45) is 0.658. The van der Waals surface area contributed by atoms with Crippen molar-refractivity contribution in [1.29, 1.82) is 0 Å². The minimum Gasteiger partial charge on any atom is -0.480 e. The third-order valence-electron chi connectivity index (χ3n) is 2.91. The van der Waals surface area contributed by atoms with Crippen LogP contribution in [0.3, 0.4) is 0 Å². The second-order valence-corrected chi connectivity index (χ2v) is 5.95. The molecule has 0 bridgehead atoms. The molecule has 8 nitrogen and oxygen atoms in total. The summed E-state index contributed by atoms with van der Waals surface area (Å²) >= 11 is 0. The summed E-state index contributed by atoms with van der Waals surface area (Å²) in [6.45, 7) is 1.35. The van der Waals surface area contributed by atoms with Crippen LogP contribution >= 0.6 is 0 Å². The van der Waals surface area contributed by atoms with E-state index in [0.29, 0.717) is 12.8 Å². The fourth-order valence-electron chi connectivity index (χ4n) is 1.66. The largest absolute Gasteiger partial charge is 0.480 e. The molecule has 0 atom stereocenters. The summed E-state index contributed by atoms with van der Waals surface area (Å²) in [7, 11) is -3.98. The Balaban J connectivity index is 2.24. The average molecular weight is 288 g/mol. The molecule has 0 aliphatic heterocycles. The molecule has 1 amide bonds. The molecule has 0 spiro atoms. The van der Waals surface area contributed by atoms with Crippen molar-refractivity contribution in [2.24, 2.45) is 5.14 Å². The highest BCUT2D eigenvalue weighted by atomic mass is 32.2. The second-order valence-electron chi connectivity index (χ2n) is 4.42. The van der Waals surface area contributed by atoms with Crippen molar-refractivity contribution in [1.82, 2.24) is 5.32 Å². The standard InChI is InChI=1S/C10H12N2O6S/c1-5-7(19(11,16)17)4-6(18-5)8(13)12-10(2-3-10)9(14)15/h4H,2-3H2,1H3,(H,12,13)(H,14,15)(H2,11,16,17). The molecule has 4 N–H and O–H groups in total. The SMILES string of the molecule is Cc1oc(C(=O)NC2(C(=O)O)CC2)cc1S(N)(=O)=O. The van der Waals surface area contributed by atoms with Gasteiger partial charge in [-0.1, -0.05) is 0 Å². The molecule has 1 fully saturated rings. The quantitative estimate of drug-likeness (QED) is 0.687. The Morgan fingerprint density at radius 1 is 1.47 bits per heavy atom. The van der Waals surface area contributed by atoms with Crippen LogP contribution < -0.4 is 10.5 Å². The third kappa shape index (κ3) is 2.47. The van der Waals surface area contributed by atoms with Crippen LogP contribution in [0.25, 0.3) is 0 Å². The summed E-state index contributed by atoms with van der Waals surface area (Å²) in [5.74, 6) is -2.21. The van der Waals surface area contributed by atoms with Gasteiger partial charge in [-0.05, 0) is 19.8 Å². The number of carbonyl (C=O) groups excluding carboxylic acids is 1. The summed E-state index contributed by atoms with van der Waals surface area (Å²) in [5, 5.41) is 16.2. The summed E-state index contributed by atoms with van der Waals surface area (Å²) in [5.41, 5.74) is -1.26. The lowest BCUT2D eigenvalue weighted by Gasteiger charge is -2.10. The van der Waals surface area contributed by atoms with Gasteiger partial charge >= 0.3 is 5.97 Å². The monoisotopic (exact) mass is 288 g/mol. The molecule has 0 aromatic carbocycles. The predicted molar refractivity (Wildman–Crippen MR) is 61.9 cm³/mol. The molecule has 2 rings (SSSR count). The smallest absolute Gasteiger partial charge is 0.329 e. The van der Waals surface area contributed by atoms with Crippen LogP contribution in [0.1, 0.15) is 29.2 Å². The van der Waals surface area contributed by atoms with Crippen molar-refractivity contribution in [3.05, 3.63) is 17.6 Å². The molecule has 1 aliphatic carbocycles. The van der Waals surface area contributed by atoms with Gasteiger partial charge in [0.15, 0.2) is 5.76 Å². The first-order valence-corrected chi connectivity index (χ1v) is 6.89. The maximum Gasteiger partial charge on any atom is 0.329 e. The predicted octanol–water partition coefficient (Wildman–Crippen LogP) is -0.418. The van der Waals surface area contributed by atoms with Crippen LogP contribution in [-0.2, 0) is 14.8 Å². The lowest BCUT2D eigenvalue weighted by molar-refractivity contribution is -0.140. The topological polar surface area (TPSA) is 140 Å². The number of aliphatic carboxylic acids is 1. The maximum atomic E-state index is 11.8. The molecule has 0 unspecified atom stereocenters. The lowest BCUT2D eigenvalue weighted by atomic mass is 10.2. The zero-order valence-corrected chi connectivity index (χ0v) is 10.8. The van der Waals surface area contributed by atoms with Gasteiger partial charge in [-0.2, -0.15) is 0 Å². The number of primary sulfonamides is 1. The highest BCUT2D eigenvalue weighted by Gasteiger charge is 2.52. The Kier molecular flexibility index (Phi) is 2.90. The van der Waals surface area contributed by atoms with E-state index in [0.717, 1.165) is 6.07 Å². The molecule has 1 saturated carbocycles. The van der Waals surface area contributed by atoms with Crippen molar-refractivity contribution in [2.45, 2.75) is 30.2 Å². The Morgan fingerprint density at radius 3 is 2.42 bits per heavy atom. The molecule has 1 heterocycles. The number of rotatable bonds is 4. The van der Waals surface area contributed by atoms with E-state index in [4.69, 9.17) is 14.7 Å². The number of hydrogen-bond donors (Lipinski definition) is 3. The minimum atomic E-state index is -3.98. The van der Waals surface area contributed by atoms with Gasteiger partial charge in [0.1, 0.15) is 16.2 Å². The van der Waals surface area contributed by atoms with Gasteiger partial charge < -0.3 is 14.8 Å². The zero-order chi connectivity index (χ0) is 14.4. The molecule has 0 radical (unpaired) electrons. The van der Waals surface area contributed by atoms with Crippen LogP contribution in [0.2, 0.25) is 0 Å².